The van der Waals surface area contributed by atoms with Crippen LogP contribution in [0.1, 0.15) is 18.4 Å². The van der Waals surface area contributed by atoms with Gasteiger partial charge in [0.15, 0.2) is 0 Å². The lowest BCUT2D eigenvalue weighted by molar-refractivity contribution is 0.379. The number of hydrogen-bond acceptors (Lipinski definition) is 4. The van der Waals surface area contributed by atoms with Gasteiger partial charge in [-0.25, -0.2) is 13.1 Å². The molecule has 1 aromatic heterocycles. The summed E-state index contributed by atoms with van der Waals surface area (Å²) in [4.78, 5) is 0.251. The van der Waals surface area contributed by atoms with Gasteiger partial charge in [0.05, 0.1) is 18.1 Å². The third-order valence-corrected chi connectivity index (χ3v) is 6.13. The van der Waals surface area contributed by atoms with E-state index in [1.807, 2.05) is 38.2 Å². The summed E-state index contributed by atoms with van der Waals surface area (Å²) in [5, 5.41) is 7.29. The SMILES string of the molecule is CNCC1CCCN1S(=O)(=O)c1cnn(-c2ccc(C)cc2)c1. The molecule has 0 aliphatic carbocycles. The van der Waals surface area contributed by atoms with Crippen LogP contribution in [0.25, 0.3) is 5.69 Å². The van der Waals surface area contributed by atoms with Crippen LogP contribution in [0.3, 0.4) is 0 Å². The van der Waals surface area contributed by atoms with Crippen LogP contribution in [0.5, 0.6) is 0 Å². The van der Waals surface area contributed by atoms with Crippen molar-refractivity contribution in [3.05, 3.63) is 42.2 Å². The highest BCUT2D eigenvalue weighted by Gasteiger charge is 2.35. The Morgan fingerprint density at radius 3 is 2.74 bits per heavy atom. The monoisotopic (exact) mass is 334 g/mol. The minimum atomic E-state index is -3.50. The third-order valence-electron chi connectivity index (χ3n) is 4.23. The molecule has 2 heterocycles. The number of aromatic nitrogens is 2. The molecule has 1 fully saturated rings. The van der Waals surface area contributed by atoms with Crippen molar-refractivity contribution >= 4 is 10.0 Å². The minimum Gasteiger partial charge on any atom is -0.318 e. The average Bonchev–Trinajstić information content (AvgIpc) is 3.18. The molecule has 1 saturated heterocycles. The maximum atomic E-state index is 12.9. The first kappa shape index (κ1) is 16.2. The summed E-state index contributed by atoms with van der Waals surface area (Å²) in [6.45, 7) is 3.26. The maximum absolute atomic E-state index is 12.9. The average molecular weight is 334 g/mol. The summed E-state index contributed by atoms with van der Waals surface area (Å²) in [7, 11) is -1.65. The number of sulfonamides is 1. The van der Waals surface area contributed by atoms with Crippen LogP contribution in [-0.4, -0.2) is 48.7 Å². The molecular weight excluding hydrogens is 312 g/mol. The van der Waals surface area contributed by atoms with Crippen molar-refractivity contribution in [1.29, 1.82) is 0 Å². The standard InChI is InChI=1S/C16H22N4O2S/c1-13-5-7-14(8-6-13)19-12-16(11-18-19)23(21,22)20-9-3-4-15(20)10-17-2/h5-8,11-12,15,17H,3-4,9-10H2,1-2H3. The minimum absolute atomic E-state index is 0.0210. The van der Waals surface area contributed by atoms with E-state index >= 15 is 0 Å². The van der Waals surface area contributed by atoms with Gasteiger partial charge in [-0.05, 0) is 38.9 Å². The second-order valence-electron chi connectivity index (χ2n) is 5.93. The number of hydrogen-bond donors (Lipinski definition) is 1. The van der Waals surface area contributed by atoms with E-state index in [0.717, 1.165) is 24.1 Å². The fourth-order valence-electron chi connectivity index (χ4n) is 2.98. The van der Waals surface area contributed by atoms with E-state index in [2.05, 4.69) is 10.4 Å². The molecule has 1 N–H and O–H groups in total. The zero-order valence-corrected chi connectivity index (χ0v) is 14.3. The predicted molar refractivity (Wildman–Crippen MR) is 89.1 cm³/mol. The van der Waals surface area contributed by atoms with E-state index in [9.17, 15) is 8.42 Å². The fourth-order valence-corrected chi connectivity index (χ4v) is 4.60. The Morgan fingerprint density at radius 2 is 2.04 bits per heavy atom. The zero-order chi connectivity index (χ0) is 16.4. The van der Waals surface area contributed by atoms with Gasteiger partial charge >= 0.3 is 0 Å². The molecule has 0 bridgehead atoms. The van der Waals surface area contributed by atoms with Crippen molar-refractivity contribution in [3.63, 3.8) is 0 Å². The fraction of sp³-hybridized carbons (Fsp3) is 0.438. The lowest BCUT2D eigenvalue weighted by Gasteiger charge is -2.22. The molecule has 124 valence electrons. The lowest BCUT2D eigenvalue weighted by atomic mass is 10.2. The van der Waals surface area contributed by atoms with Crippen LogP contribution in [0.15, 0.2) is 41.6 Å². The van der Waals surface area contributed by atoms with Gasteiger partial charge in [-0.3, -0.25) is 0 Å². The zero-order valence-electron chi connectivity index (χ0n) is 13.4. The number of rotatable bonds is 5. The van der Waals surface area contributed by atoms with E-state index < -0.39 is 10.0 Å². The van der Waals surface area contributed by atoms with E-state index in [-0.39, 0.29) is 10.9 Å². The van der Waals surface area contributed by atoms with Gasteiger partial charge in [0.1, 0.15) is 4.90 Å². The van der Waals surface area contributed by atoms with E-state index in [4.69, 9.17) is 0 Å². The first-order valence-corrected chi connectivity index (χ1v) is 9.24. The number of aryl methyl sites for hydroxylation is 1. The van der Waals surface area contributed by atoms with Crippen LogP contribution in [0, 0.1) is 6.92 Å². The van der Waals surface area contributed by atoms with Crippen molar-refractivity contribution in [1.82, 2.24) is 19.4 Å². The molecule has 3 rings (SSSR count). The van der Waals surface area contributed by atoms with Crippen molar-refractivity contribution in [2.45, 2.75) is 30.7 Å². The Bertz CT molecular complexity index is 768. The number of nitrogens with one attached hydrogen (secondary N) is 1. The largest absolute Gasteiger partial charge is 0.318 e. The Kier molecular flexibility index (Phi) is 4.52. The van der Waals surface area contributed by atoms with Crippen LogP contribution >= 0.6 is 0 Å². The molecule has 0 saturated carbocycles. The van der Waals surface area contributed by atoms with E-state index in [1.54, 1.807) is 15.2 Å². The summed E-state index contributed by atoms with van der Waals surface area (Å²) in [5.74, 6) is 0. The van der Waals surface area contributed by atoms with Gasteiger partial charge in [-0.1, -0.05) is 17.7 Å². The van der Waals surface area contributed by atoms with E-state index in [1.165, 1.54) is 6.20 Å². The highest BCUT2D eigenvalue weighted by molar-refractivity contribution is 7.89. The highest BCUT2D eigenvalue weighted by Crippen LogP contribution is 2.26. The molecule has 6 nitrogen and oxygen atoms in total. The lowest BCUT2D eigenvalue weighted by Crippen LogP contribution is -2.40. The third kappa shape index (κ3) is 3.17. The quantitative estimate of drug-likeness (QED) is 0.901. The van der Waals surface area contributed by atoms with Crippen LogP contribution in [-0.2, 0) is 10.0 Å². The second kappa shape index (κ2) is 6.43. The number of benzene rings is 1. The molecule has 7 heteroatoms. The van der Waals surface area contributed by atoms with Crippen molar-refractivity contribution in [2.75, 3.05) is 20.1 Å². The number of likely N-dealkylation sites (N-methyl/N-ethyl adjacent to an activating group) is 1. The summed E-state index contributed by atoms with van der Waals surface area (Å²) >= 11 is 0. The van der Waals surface area contributed by atoms with Gasteiger partial charge in [-0.2, -0.15) is 9.40 Å². The molecule has 0 spiro atoms. The topological polar surface area (TPSA) is 67.2 Å². The normalized spacial score (nSPS) is 19.3. The first-order chi connectivity index (χ1) is 11.0. The maximum Gasteiger partial charge on any atom is 0.246 e. The Labute approximate surface area is 137 Å². The number of nitrogens with zero attached hydrogens (tertiary/aromatic N) is 3. The molecule has 1 aromatic carbocycles. The first-order valence-electron chi connectivity index (χ1n) is 7.80. The van der Waals surface area contributed by atoms with Gasteiger partial charge in [0.2, 0.25) is 10.0 Å². The van der Waals surface area contributed by atoms with Gasteiger partial charge in [-0.15, -0.1) is 0 Å². The summed E-state index contributed by atoms with van der Waals surface area (Å²) in [5.41, 5.74) is 2.01. The summed E-state index contributed by atoms with van der Waals surface area (Å²) in [6.07, 6.45) is 4.82. The molecule has 1 aliphatic rings. The molecule has 23 heavy (non-hydrogen) atoms. The molecule has 2 aromatic rings. The van der Waals surface area contributed by atoms with Crippen molar-refractivity contribution < 1.29 is 8.42 Å². The van der Waals surface area contributed by atoms with Gasteiger partial charge < -0.3 is 5.32 Å². The summed E-state index contributed by atoms with van der Waals surface area (Å²) < 4.78 is 28.9. The summed E-state index contributed by atoms with van der Waals surface area (Å²) in [6, 6.07) is 7.84. The van der Waals surface area contributed by atoms with Crippen molar-refractivity contribution in [3.8, 4) is 5.69 Å². The van der Waals surface area contributed by atoms with Crippen LogP contribution in [0.4, 0.5) is 0 Å². The molecular formula is C16H22N4O2S. The molecule has 1 unspecified atom stereocenters. The molecule has 0 amide bonds. The molecule has 1 atom stereocenters. The van der Waals surface area contributed by atoms with E-state index in [0.29, 0.717) is 13.1 Å². The Balaban J connectivity index is 1.88. The molecule has 0 radical (unpaired) electrons. The Hall–Kier alpha value is -1.70. The predicted octanol–water partition coefficient (Wildman–Crippen LogP) is 1.55. The van der Waals surface area contributed by atoms with Crippen LogP contribution in [0.2, 0.25) is 0 Å². The van der Waals surface area contributed by atoms with Crippen LogP contribution < -0.4 is 5.32 Å². The smallest absolute Gasteiger partial charge is 0.246 e. The van der Waals surface area contributed by atoms with Gasteiger partial charge in [0.25, 0.3) is 0 Å². The van der Waals surface area contributed by atoms with Gasteiger partial charge in [0, 0.05) is 19.1 Å². The highest BCUT2D eigenvalue weighted by atomic mass is 32.2. The Morgan fingerprint density at radius 1 is 1.30 bits per heavy atom. The van der Waals surface area contributed by atoms with Crippen molar-refractivity contribution in [2.24, 2.45) is 0 Å². The molecule has 1 aliphatic heterocycles. The second-order valence-corrected chi connectivity index (χ2v) is 7.82.